The highest BCUT2D eigenvalue weighted by molar-refractivity contribution is 7.89. The topological polar surface area (TPSA) is 72.9 Å². The van der Waals surface area contributed by atoms with Gasteiger partial charge in [-0.3, -0.25) is 4.79 Å². The van der Waals surface area contributed by atoms with E-state index in [9.17, 15) is 13.2 Å². The van der Waals surface area contributed by atoms with Crippen LogP contribution >= 0.6 is 0 Å². The molecule has 3 rings (SSSR count). The third-order valence-electron chi connectivity index (χ3n) is 4.78. The molecule has 0 radical (unpaired) electrons. The first-order valence-corrected chi connectivity index (χ1v) is 11.0. The number of carbonyl (C=O) groups excluding carboxylic acids is 1. The molecule has 3 atom stereocenters. The highest BCUT2D eigenvalue weighted by atomic mass is 32.2. The maximum atomic E-state index is 13.3. The van der Waals surface area contributed by atoms with Crippen LogP contribution in [0.25, 0.3) is 0 Å². The number of carbonyl (C=O) groups is 1. The second-order valence-electron chi connectivity index (χ2n) is 6.55. The summed E-state index contributed by atoms with van der Waals surface area (Å²) in [7, 11) is -3.87. The minimum Gasteiger partial charge on any atom is -0.466 e. The molecule has 0 N–H and O–H groups in total. The Morgan fingerprint density at radius 1 is 0.966 bits per heavy atom. The molecule has 0 saturated carbocycles. The molecule has 1 aliphatic heterocycles. The molecule has 0 aliphatic carbocycles. The van der Waals surface area contributed by atoms with Crippen molar-refractivity contribution in [2.45, 2.75) is 30.9 Å². The van der Waals surface area contributed by atoms with E-state index < -0.39 is 34.1 Å². The van der Waals surface area contributed by atoms with Gasteiger partial charge in [0.1, 0.15) is 0 Å². The number of benzene rings is 2. The zero-order valence-corrected chi connectivity index (χ0v) is 17.3. The molecular formula is C22H25NO5S. The number of esters is 1. The molecule has 0 spiro atoms. The minimum absolute atomic E-state index is 0.163. The second kappa shape index (κ2) is 9.24. The quantitative estimate of drug-likeness (QED) is 0.647. The van der Waals surface area contributed by atoms with Crippen LogP contribution in [0.4, 0.5) is 0 Å². The van der Waals surface area contributed by atoms with Gasteiger partial charge in [0.05, 0.1) is 17.4 Å². The first-order chi connectivity index (χ1) is 14.0. The van der Waals surface area contributed by atoms with Crippen LogP contribution in [-0.2, 0) is 24.3 Å². The van der Waals surface area contributed by atoms with Gasteiger partial charge >= 0.3 is 5.97 Å². The largest absolute Gasteiger partial charge is 0.466 e. The van der Waals surface area contributed by atoms with Gasteiger partial charge < -0.3 is 9.47 Å². The lowest BCUT2D eigenvalue weighted by molar-refractivity contribution is -0.150. The van der Waals surface area contributed by atoms with Crippen LogP contribution in [0.1, 0.15) is 25.3 Å². The van der Waals surface area contributed by atoms with Gasteiger partial charge in [-0.05, 0) is 31.5 Å². The van der Waals surface area contributed by atoms with Crippen molar-refractivity contribution in [2.24, 2.45) is 5.92 Å². The van der Waals surface area contributed by atoms with Crippen molar-refractivity contribution in [3.05, 3.63) is 78.5 Å². The second-order valence-corrected chi connectivity index (χ2v) is 8.39. The summed E-state index contributed by atoms with van der Waals surface area (Å²) in [5.74, 6) is -1.60. The van der Waals surface area contributed by atoms with Crippen LogP contribution in [0.15, 0.2) is 77.8 Å². The number of hydrogen-bond acceptors (Lipinski definition) is 5. The number of rotatable bonds is 7. The smallest absolute Gasteiger partial charge is 0.313 e. The molecule has 0 saturated heterocycles. The molecule has 1 heterocycles. The molecule has 29 heavy (non-hydrogen) atoms. The average molecular weight is 416 g/mol. The lowest BCUT2D eigenvalue weighted by Crippen LogP contribution is -2.48. The molecule has 2 aromatic rings. The Labute approximate surface area is 171 Å². The molecule has 0 amide bonds. The molecule has 0 unspecified atom stereocenters. The SMILES string of the molecule is CCOC(=O)[C@H]1C=CN(S(=O)(=O)c2ccccc2)[C@H](OCC)[C@@H]1c1ccccc1. The van der Waals surface area contributed by atoms with Crippen LogP contribution in [0.2, 0.25) is 0 Å². The van der Waals surface area contributed by atoms with Gasteiger partial charge in [-0.1, -0.05) is 54.6 Å². The van der Waals surface area contributed by atoms with Crippen LogP contribution in [-0.4, -0.2) is 38.1 Å². The number of sulfonamides is 1. The summed E-state index contributed by atoms with van der Waals surface area (Å²) in [6.07, 6.45) is 2.13. The van der Waals surface area contributed by atoms with Gasteiger partial charge in [-0.25, -0.2) is 12.7 Å². The van der Waals surface area contributed by atoms with E-state index in [2.05, 4.69) is 0 Å². The van der Waals surface area contributed by atoms with Crippen molar-refractivity contribution in [3.63, 3.8) is 0 Å². The molecule has 0 aromatic heterocycles. The van der Waals surface area contributed by atoms with Crippen LogP contribution < -0.4 is 0 Å². The van der Waals surface area contributed by atoms with E-state index >= 15 is 0 Å². The number of hydrogen-bond donors (Lipinski definition) is 0. The first kappa shape index (κ1) is 21.1. The standard InChI is InChI=1S/C22H25NO5S/c1-3-27-21-20(17-11-7-5-8-12-17)19(22(24)28-4-2)15-16-23(21)29(25,26)18-13-9-6-10-14-18/h5-16,19-21H,3-4H2,1-2H3/t19-,20+,21+/m0/s1. The fraction of sp³-hybridized carbons (Fsp3) is 0.318. The number of nitrogens with zero attached hydrogens (tertiary/aromatic N) is 1. The zero-order valence-electron chi connectivity index (χ0n) is 16.5. The van der Waals surface area contributed by atoms with Crippen LogP contribution in [0.5, 0.6) is 0 Å². The fourth-order valence-electron chi connectivity index (χ4n) is 3.51. The monoisotopic (exact) mass is 415 g/mol. The van der Waals surface area contributed by atoms with Gasteiger partial charge in [-0.2, -0.15) is 0 Å². The number of ether oxygens (including phenoxy) is 2. The van der Waals surface area contributed by atoms with Gasteiger partial charge in [0.25, 0.3) is 10.0 Å². The Kier molecular flexibility index (Phi) is 6.71. The van der Waals surface area contributed by atoms with E-state index in [4.69, 9.17) is 9.47 Å². The molecule has 6 nitrogen and oxygen atoms in total. The highest BCUT2D eigenvalue weighted by Crippen LogP contribution is 2.39. The first-order valence-electron chi connectivity index (χ1n) is 9.60. The van der Waals surface area contributed by atoms with Crippen molar-refractivity contribution >= 4 is 16.0 Å². The molecule has 154 valence electrons. The average Bonchev–Trinajstić information content (AvgIpc) is 2.75. The summed E-state index contributed by atoms with van der Waals surface area (Å²) in [5.41, 5.74) is 0.807. The maximum absolute atomic E-state index is 13.3. The van der Waals surface area contributed by atoms with E-state index in [1.807, 2.05) is 30.3 Å². The highest BCUT2D eigenvalue weighted by Gasteiger charge is 2.44. The molecule has 1 aliphatic rings. The van der Waals surface area contributed by atoms with E-state index in [0.29, 0.717) is 0 Å². The van der Waals surface area contributed by atoms with Crippen molar-refractivity contribution in [2.75, 3.05) is 13.2 Å². The lowest BCUT2D eigenvalue weighted by atomic mass is 9.82. The van der Waals surface area contributed by atoms with Crippen molar-refractivity contribution in [1.29, 1.82) is 0 Å². The van der Waals surface area contributed by atoms with E-state index in [-0.39, 0.29) is 18.1 Å². The van der Waals surface area contributed by atoms with E-state index in [1.165, 1.54) is 10.5 Å². The molecule has 0 bridgehead atoms. The third-order valence-corrected chi connectivity index (χ3v) is 6.54. The Bertz CT molecular complexity index is 944. The van der Waals surface area contributed by atoms with Gasteiger partial charge in [0.2, 0.25) is 0 Å². The summed E-state index contributed by atoms with van der Waals surface area (Å²) in [6.45, 7) is 4.08. The normalized spacial score (nSPS) is 21.7. The third kappa shape index (κ3) is 4.36. The molecular weight excluding hydrogens is 390 g/mol. The summed E-state index contributed by atoms with van der Waals surface area (Å²) in [6, 6.07) is 17.5. The van der Waals surface area contributed by atoms with Crippen molar-refractivity contribution in [3.8, 4) is 0 Å². The van der Waals surface area contributed by atoms with Crippen molar-refractivity contribution in [1.82, 2.24) is 4.31 Å². The maximum Gasteiger partial charge on any atom is 0.313 e. The van der Waals surface area contributed by atoms with E-state index in [1.54, 1.807) is 50.3 Å². The Morgan fingerprint density at radius 3 is 2.17 bits per heavy atom. The van der Waals surface area contributed by atoms with Crippen LogP contribution in [0, 0.1) is 5.92 Å². The molecule has 0 fully saturated rings. The zero-order chi connectivity index (χ0) is 20.9. The Hall–Kier alpha value is -2.64. The fourth-order valence-corrected chi connectivity index (χ4v) is 4.95. The summed E-state index contributed by atoms with van der Waals surface area (Å²) in [4.78, 5) is 12.8. The van der Waals surface area contributed by atoms with Gasteiger partial charge in [-0.15, -0.1) is 0 Å². The predicted molar refractivity (Wildman–Crippen MR) is 109 cm³/mol. The molecule has 2 aromatic carbocycles. The molecule has 7 heteroatoms. The minimum atomic E-state index is -3.87. The lowest BCUT2D eigenvalue weighted by Gasteiger charge is -2.40. The van der Waals surface area contributed by atoms with Crippen LogP contribution in [0.3, 0.4) is 0 Å². The summed E-state index contributed by atoms with van der Waals surface area (Å²) >= 11 is 0. The summed E-state index contributed by atoms with van der Waals surface area (Å²) < 4.78 is 39.0. The van der Waals surface area contributed by atoms with Gasteiger partial charge in [0.15, 0.2) is 6.23 Å². The Balaban J connectivity index is 2.11. The van der Waals surface area contributed by atoms with Gasteiger partial charge in [0, 0.05) is 18.7 Å². The van der Waals surface area contributed by atoms with E-state index in [0.717, 1.165) is 5.56 Å². The Morgan fingerprint density at radius 2 is 1.59 bits per heavy atom. The summed E-state index contributed by atoms with van der Waals surface area (Å²) in [5, 5.41) is 0. The van der Waals surface area contributed by atoms with Crippen molar-refractivity contribution < 1.29 is 22.7 Å². The predicted octanol–water partition coefficient (Wildman–Crippen LogP) is 3.53.